The predicted octanol–water partition coefficient (Wildman–Crippen LogP) is 0.702. The number of aryl methyl sites for hydroxylation is 3. The van der Waals surface area contributed by atoms with Crippen molar-refractivity contribution in [1.82, 2.24) is 0 Å². The van der Waals surface area contributed by atoms with Gasteiger partial charge in [-0.25, -0.2) is 0 Å². The zero-order chi connectivity index (χ0) is 11.6. The molecule has 0 fully saturated rings. The Balaban J connectivity index is 0. The SMILES string of the molecule is CCC(N)(CC)c1c(C)cc(C)cc1C.[H-].[Li+]. The van der Waals surface area contributed by atoms with Crippen molar-refractivity contribution >= 4 is 0 Å². The van der Waals surface area contributed by atoms with E-state index < -0.39 is 0 Å². The van der Waals surface area contributed by atoms with Gasteiger partial charge in [0.25, 0.3) is 0 Å². The molecule has 1 aromatic rings. The minimum atomic E-state index is -0.151. The molecule has 0 heterocycles. The monoisotopic (exact) mass is 213 g/mol. The molecule has 1 nitrogen and oxygen atoms in total. The van der Waals surface area contributed by atoms with Gasteiger partial charge in [0.05, 0.1) is 0 Å². The fourth-order valence-corrected chi connectivity index (χ4v) is 2.57. The van der Waals surface area contributed by atoms with Crippen LogP contribution in [0.3, 0.4) is 0 Å². The van der Waals surface area contributed by atoms with Crippen LogP contribution in [0.2, 0.25) is 0 Å². The van der Waals surface area contributed by atoms with Crippen molar-refractivity contribution in [2.24, 2.45) is 5.73 Å². The molecule has 0 saturated carbocycles. The Kier molecular flexibility index (Phi) is 5.83. The molecule has 1 aromatic carbocycles. The normalized spacial score (nSPS) is 11.1. The number of nitrogens with two attached hydrogens (primary N) is 1. The predicted molar refractivity (Wildman–Crippen MR) is 68.2 cm³/mol. The average Bonchev–Trinajstić information content (AvgIpc) is 2.15. The molecule has 2 heteroatoms. The molecule has 16 heavy (non-hydrogen) atoms. The van der Waals surface area contributed by atoms with Crippen molar-refractivity contribution in [1.29, 1.82) is 0 Å². The quantitative estimate of drug-likeness (QED) is 0.735. The Bertz CT molecular complexity index is 336. The van der Waals surface area contributed by atoms with E-state index in [2.05, 4.69) is 46.8 Å². The van der Waals surface area contributed by atoms with Crippen LogP contribution >= 0.6 is 0 Å². The van der Waals surface area contributed by atoms with Crippen LogP contribution in [0.5, 0.6) is 0 Å². The van der Waals surface area contributed by atoms with E-state index in [-0.39, 0.29) is 25.8 Å². The van der Waals surface area contributed by atoms with Gasteiger partial charge in [-0.05, 0) is 50.3 Å². The summed E-state index contributed by atoms with van der Waals surface area (Å²) >= 11 is 0. The molecule has 0 aliphatic carbocycles. The van der Waals surface area contributed by atoms with E-state index in [1.54, 1.807) is 0 Å². The summed E-state index contributed by atoms with van der Waals surface area (Å²) < 4.78 is 0. The fourth-order valence-electron chi connectivity index (χ4n) is 2.57. The van der Waals surface area contributed by atoms with Crippen molar-refractivity contribution in [3.8, 4) is 0 Å². The first-order valence-corrected chi connectivity index (χ1v) is 5.81. The second-order valence-corrected chi connectivity index (χ2v) is 4.64. The molecule has 0 unspecified atom stereocenters. The summed E-state index contributed by atoms with van der Waals surface area (Å²) in [5.74, 6) is 0. The molecule has 1 rings (SSSR count). The molecule has 0 atom stereocenters. The van der Waals surface area contributed by atoms with Crippen LogP contribution < -0.4 is 24.6 Å². The van der Waals surface area contributed by atoms with Crippen molar-refractivity contribution in [3.63, 3.8) is 0 Å². The molecule has 0 aliphatic rings. The third kappa shape index (κ3) is 2.92. The van der Waals surface area contributed by atoms with Gasteiger partial charge in [-0.2, -0.15) is 0 Å². The standard InChI is InChI=1S/C14H23N.Li.H/c1-6-14(15,7-2)13-11(4)8-10(3)9-12(13)5;;/h8-9H,6-7,15H2,1-5H3;;/q;+1;-1. The Morgan fingerprint density at radius 3 is 1.75 bits per heavy atom. The average molecular weight is 213 g/mol. The zero-order valence-corrected chi connectivity index (χ0v) is 11.6. The largest absolute Gasteiger partial charge is 1.00 e. The van der Waals surface area contributed by atoms with Crippen LogP contribution in [0, 0.1) is 20.8 Å². The molecular formula is C14H24LiN. The third-order valence-corrected chi connectivity index (χ3v) is 3.44. The summed E-state index contributed by atoms with van der Waals surface area (Å²) in [5, 5.41) is 0. The van der Waals surface area contributed by atoms with Crippen molar-refractivity contribution < 1.29 is 20.3 Å². The Labute approximate surface area is 113 Å². The van der Waals surface area contributed by atoms with Gasteiger partial charge >= 0.3 is 18.9 Å². The van der Waals surface area contributed by atoms with Gasteiger partial charge < -0.3 is 7.16 Å². The van der Waals surface area contributed by atoms with Crippen LogP contribution in [-0.4, -0.2) is 0 Å². The molecule has 0 aliphatic heterocycles. The summed E-state index contributed by atoms with van der Waals surface area (Å²) in [6, 6.07) is 4.46. The van der Waals surface area contributed by atoms with Gasteiger partial charge in [-0.1, -0.05) is 31.5 Å². The summed E-state index contributed by atoms with van der Waals surface area (Å²) in [7, 11) is 0. The van der Waals surface area contributed by atoms with Gasteiger partial charge in [0.15, 0.2) is 0 Å². The van der Waals surface area contributed by atoms with Crippen LogP contribution in [-0.2, 0) is 5.54 Å². The van der Waals surface area contributed by atoms with Crippen LogP contribution in [0.4, 0.5) is 0 Å². The number of hydrogen-bond donors (Lipinski definition) is 1. The molecule has 2 N–H and O–H groups in total. The van der Waals surface area contributed by atoms with E-state index in [0.717, 1.165) is 12.8 Å². The molecule has 0 radical (unpaired) electrons. The first-order valence-electron chi connectivity index (χ1n) is 5.81. The third-order valence-electron chi connectivity index (χ3n) is 3.44. The maximum Gasteiger partial charge on any atom is 1.00 e. The van der Waals surface area contributed by atoms with Crippen LogP contribution in [0.25, 0.3) is 0 Å². The molecule has 0 aromatic heterocycles. The van der Waals surface area contributed by atoms with Crippen molar-refractivity contribution in [2.75, 3.05) is 0 Å². The number of hydrogen-bond acceptors (Lipinski definition) is 1. The van der Waals surface area contributed by atoms with E-state index in [4.69, 9.17) is 5.73 Å². The Morgan fingerprint density at radius 1 is 1.06 bits per heavy atom. The van der Waals surface area contributed by atoms with Gasteiger partial charge in [0.1, 0.15) is 0 Å². The topological polar surface area (TPSA) is 26.0 Å². The first-order chi connectivity index (χ1) is 6.94. The van der Waals surface area contributed by atoms with Gasteiger partial charge in [0, 0.05) is 5.54 Å². The summed E-state index contributed by atoms with van der Waals surface area (Å²) in [6.45, 7) is 10.8. The smallest absolute Gasteiger partial charge is 1.00 e. The maximum atomic E-state index is 6.47. The van der Waals surface area contributed by atoms with Crippen LogP contribution in [0.15, 0.2) is 12.1 Å². The molecular weight excluding hydrogens is 189 g/mol. The van der Waals surface area contributed by atoms with Gasteiger partial charge in [-0.3, -0.25) is 0 Å². The summed E-state index contributed by atoms with van der Waals surface area (Å²) in [6.07, 6.45) is 1.99. The van der Waals surface area contributed by atoms with Crippen LogP contribution in [0.1, 0.15) is 50.4 Å². The zero-order valence-electron chi connectivity index (χ0n) is 12.6. The van der Waals surface area contributed by atoms with Crippen molar-refractivity contribution in [3.05, 3.63) is 34.4 Å². The van der Waals surface area contributed by atoms with E-state index in [9.17, 15) is 0 Å². The van der Waals surface area contributed by atoms with E-state index in [1.807, 2.05) is 0 Å². The molecule has 0 amide bonds. The Hall–Kier alpha value is -0.223. The van der Waals surface area contributed by atoms with Gasteiger partial charge in [0.2, 0.25) is 0 Å². The van der Waals surface area contributed by atoms with E-state index in [1.165, 1.54) is 22.3 Å². The second-order valence-electron chi connectivity index (χ2n) is 4.64. The summed E-state index contributed by atoms with van der Waals surface area (Å²) in [5.41, 5.74) is 11.7. The molecule has 86 valence electrons. The minimum Gasteiger partial charge on any atom is -1.00 e. The van der Waals surface area contributed by atoms with E-state index >= 15 is 0 Å². The number of rotatable bonds is 3. The molecule has 0 bridgehead atoms. The van der Waals surface area contributed by atoms with Crippen molar-refractivity contribution in [2.45, 2.75) is 53.0 Å². The van der Waals surface area contributed by atoms with Gasteiger partial charge in [-0.15, -0.1) is 0 Å². The summed E-state index contributed by atoms with van der Waals surface area (Å²) in [4.78, 5) is 0. The van der Waals surface area contributed by atoms with E-state index in [0.29, 0.717) is 0 Å². The molecule has 0 saturated heterocycles. The molecule has 0 spiro atoms. The second kappa shape index (κ2) is 5.91. The minimum absolute atomic E-state index is 0. The first kappa shape index (κ1) is 15.8. The number of benzene rings is 1. The maximum absolute atomic E-state index is 6.47. The Morgan fingerprint density at radius 2 is 1.44 bits per heavy atom. The fraction of sp³-hybridized carbons (Fsp3) is 0.571.